The van der Waals surface area contributed by atoms with Gasteiger partial charge in [0.1, 0.15) is 0 Å². The molecule has 1 saturated heterocycles. The summed E-state index contributed by atoms with van der Waals surface area (Å²) in [4.78, 5) is 6.08. The van der Waals surface area contributed by atoms with Crippen molar-refractivity contribution in [3.63, 3.8) is 0 Å². The molecule has 1 aliphatic rings. The number of likely N-dealkylation sites (N-methyl/N-ethyl adjacent to an activating group) is 1. The van der Waals surface area contributed by atoms with Crippen LogP contribution in [0.5, 0.6) is 0 Å². The van der Waals surface area contributed by atoms with Gasteiger partial charge in [-0.15, -0.1) is 0 Å². The first-order valence-electron chi connectivity index (χ1n) is 5.85. The van der Waals surface area contributed by atoms with E-state index in [0.717, 1.165) is 18.7 Å². The van der Waals surface area contributed by atoms with Crippen molar-refractivity contribution in [2.45, 2.75) is 6.92 Å². The summed E-state index contributed by atoms with van der Waals surface area (Å²) >= 11 is 0. The Labute approximate surface area is 108 Å². The van der Waals surface area contributed by atoms with Crippen LogP contribution in [0.2, 0.25) is 0 Å². The molecule has 18 heavy (non-hydrogen) atoms. The van der Waals surface area contributed by atoms with Gasteiger partial charge in [0.25, 0.3) is 0 Å². The van der Waals surface area contributed by atoms with Gasteiger partial charge in [-0.3, -0.25) is 9.71 Å². The number of aromatic nitrogens is 1. The van der Waals surface area contributed by atoms with E-state index in [4.69, 9.17) is 0 Å². The Balaban J connectivity index is 2.08. The van der Waals surface area contributed by atoms with Crippen molar-refractivity contribution >= 4 is 15.9 Å². The number of hydrogen-bond acceptors (Lipinski definition) is 4. The van der Waals surface area contributed by atoms with Gasteiger partial charge in [0, 0.05) is 32.4 Å². The van der Waals surface area contributed by atoms with Crippen LogP contribution in [-0.4, -0.2) is 55.8 Å². The number of nitrogens with zero attached hydrogens (tertiary/aromatic N) is 3. The molecule has 1 aliphatic heterocycles. The summed E-state index contributed by atoms with van der Waals surface area (Å²) in [5, 5.41) is 0. The molecule has 0 radical (unpaired) electrons. The monoisotopic (exact) mass is 270 g/mol. The van der Waals surface area contributed by atoms with Crippen LogP contribution < -0.4 is 4.72 Å². The van der Waals surface area contributed by atoms with E-state index in [9.17, 15) is 8.42 Å². The van der Waals surface area contributed by atoms with Crippen LogP contribution in [0.25, 0.3) is 0 Å². The highest BCUT2D eigenvalue weighted by Crippen LogP contribution is 2.13. The largest absolute Gasteiger partial charge is 0.304 e. The maximum atomic E-state index is 12.1. The second-order valence-corrected chi connectivity index (χ2v) is 6.23. The standard InChI is InChI=1S/C11H18N4O2S/c1-10-7-11(9-12-8-10)13-18(16,17)15-5-3-14(2)4-6-15/h7-9,13H,3-6H2,1-2H3. The Morgan fingerprint density at radius 1 is 1.22 bits per heavy atom. The quantitative estimate of drug-likeness (QED) is 0.857. The van der Waals surface area contributed by atoms with Gasteiger partial charge in [-0.2, -0.15) is 12.7 Å². The number of nitrogens with one attached hydrogen (secondary N) is 1. The first-order chi connectivity index (χ1) is 8.47. The maximum Gasteiger partial charge on any atom is 0.301 e. The summed E-state index contributed by atoms with van der Waals surface area (Å²) in [6.45, 7) is 4.43. The normalized spacial score (nSPS) is 18.8. The second-order valence-electron chi connectivity index (χ2n) is 4.56. The van der Waals surface area contributed by atoms with E-state index in [1.165, 1.54) is 10.5 Å². The van der Waals surface area contributed by atoms with Gasteiger partial charge in [-0.1, -0.05) is 0 Å². The number of rotatable bonds is 3. The minimum absolute atomic E-state index is 0.508. The third-order valence-electron chi connectivity index (χ3n) is 2.92. The Bertz CT molecular complexity index is 510. The van der Waals surface area contributed by atoms with Gasteiger partial charge in [-0.05, 0) is 25.6 Å². The highest BCUT2D eigenvalue weighted by molar-refractivity contribution is 7.90. The number of anilines is 1. The lowest BCUT2D eigenvalue weighted by atomic mass is 10.3. The fourth-order valence-corrected chi connectivity index (χ4v) is 3.04. The molecule has 1 N–H and O–H groups in total. The SMILES string of the molecule is Cc1cncc(NS(=O)(=O)N2CCN(C)CC2)c1. The van der Waals surface area contributed by atoms with Gasteiger partial charge in [0.05, 0.1) is 11.9 Å². The van der Waals surface area contributed by atoms with E-state index in [0.29, 0.717) is 18.8 Å². The van der Waals surface area contributed by atoms with Crippen LogP contribution in [0, 0.1) is 6.92 Å². The van der Waals surface area contributed by atoms with Gasteiger partial charge >= 0.3 is 10.2 Å². The van der Waals surface area contributed by atoms with E-state index in [2.05, 4.69) is 14.6 Å². The lowest BCUT2D eigenvalue weighted by Gasteiger charge is -2.31. The molecule has 6 nitrogen and oxygen atoms in total. The minimum atomic E-state index is -3.46. The molecule has 0 atom stereocenters. The number of aryl methyl sites for hydroxylation is 1. The molecule has 0 saturated carbocycles. The van der Waals surface area contributed by atoms with Crippen LogP contribution in [0.15, 0.2) is 18.5 Å². The zero-order chi connectivity index (χ0) is 13.2. The highest BCUT2D eigenvalue weighted by Gasteiger charge is 2.25. The summed E-state index contributed by atoms with van der Waals surface area (Å²) in [6.07, 6.45) is 3.20. The average molecular weight is 270 g/mol. The average Bonchev–Trinajstić information content (AvgIpc) is 2.29. The first-order valence-corrected chi connectivity index (χ1v) is 7.29. The third kappa shape index (κ3) is 3.18. The molecule has 7 heteroatoms. The van der Waals surface area contributed by atoms with Crippen LogP contribution in [0.1, 0.15) is 5.56 Å². The molecule has 1 fully saturated rings. The van der Waals surface area contributed by atoms with E-state index >= 15 is 0 Å². The van der Waals surface area contributed by atoms with Crippen molar-refractivity contribution in [3.05, 3.63) is 24.0 Å². The van der Waals surface area contributed by atoms with Crippen LogP contribution in [0.3, 0.4) is 0 Å². The predicted molar refractivity (Wildman–Crippen MR) is 70.6 cm³/mol. The van der Waals surface area contributed by atoms with Gasteiger partial charge < -0.3 is 4.90 Å². The molecule has 0 aromatic carbocycles. The molecule has 1 aromatic heterocycles. The number of piperazine rings is 1. The van der Waals surface area contributed by atoms with E-state index < -0.39 is 10.2 Å². The van der Waals surface area contributed by atoms with Gasteiger partial charge in [-0.25, -0.2) is 0 Å². The molecule has 100 valence electrons. The predicted octanol–water partition coefficient (Wildman–Crippen LogP) is 0.294. The summed E-state index contributed by atoms with van der Waals surface area (Å²) in [5.41, 5.74) is 1.43. The Hall–Kier alpha value is -1.18. The Morgan fingerprint density at radius 3 is 2.50 bits per heavy atom. The number of hydrogen-bond donors (Lipinski definition) is 1. The molecular weight excluding hydrogens is 252 g/mol. The molecule has 2 heterocycles. The summed E-state index contributed by atoms with van der Waals surface area (Å²) in [6, 6.07) is 1.76. The molecule has 0 bridgehead atoms. The van der Waals surface area contributed by atoms with Crippen molar-refractivity contribution in [2.24, 2.45) is 0 Å². The second kappa shape index (κ2) is 5.21. The topological polar surface area (TPSA) is 65.5 Å². The highest BCUT2D eigenvalue weighted by atomic mass is 32.2. The summed E-state index contributed by atoms with van der Waals surface area (Å²) in [7, 11) is -1.47. The van der Waals surface area contributed by atoms with Crippen molar-refractivity contribution in [1.82, 2.24) is 14.2 Å². The lowest BCUT2D eigenvalue weighted by molar-refractivity contribution is 0.223. The zero-order valence-corrected chi connectivity index (χ0v) is 11.4. The fraction of sp³-hybridized carbons (Fsp3) is 0.545. The van der Waals surface area contributed by atoms with Gasteiger partial charge in [0.15, 0.2) is 0 Å². The number of pyridine rings is 1. The molecular formula is C11H18N4O2S. The van der Waals surface area contributed by atoms with E-state index in [1.54, 1.807) is 12.3 Å². The van der Waals surface area contributed by atoms with Crippen molar-refractivity contribution in [3.8, 4) is 0 Å². The third-order valence-corrected chi connectivity index (χ3v) is 4.46. The molecule has 0 aliphatic carbocycles. The maximum absolute atomic E-state index is 12.1. The lowest BCUT2D eigenvalue weighted by Crippen LogP contribution is -2.48. The van der Waals surface area contributed by atoms with Crippen LogP contribution >= 0.6 is 0 Å². The first kappa shape index (κ1) is 13.3. The molecule has 0 unspecified atom stereocenters. The van der Waals surface area contributed by atoms with Crippen LogP contribution in [0.4, 0.5) is 5.69 Å². The minimum Gasteiger partial charge on any atom is -0.304 e. The van der Waals surface area contributed by atoms with E-state index in [-0.39, 0.29) is 0 Å². The van der Waals surface area contributed by atoms with Gasteiger partial charge in [0.2, 0.25) is 0 Å². The van der Waals surface area contributed by atoms with Crippen LogP contribution in [-0.2, 0) is 10.2 Å². The van der Waals surface area contributed by atoms with Crippen molar-refractivity contribution in [1.29, 1.82) is 0 Å². The Kier molecular flexibility index (Phi) is 3.84. The fourth-order valence-electron chi connectivity index (χ4n) is 1.85. The smallest absolute Gasteiger partial charge is 0.301 e. The summed E-state index contributed by atoms with van der Waals surface area (Å²) in [5.74, 6) is 0. The molecule has 2 rings (SSSR count). The zero-order valence-electron chi connectivity index (χ0n) is 10.6. The van der Waals surface area contributed by atoms with E-state index in [1.807, 2.05) is 14.0 Å². The van der Waals surface area contributed by atoms with Crippen molar-refractivity contribution in [2.75, 3.05) is 37.9 Å². The van der Waals surface area contributed by atoms with Crippen molar-refractivity contribution < 1.29 is 8.42 Å². The molecule has 0 spiro atoms. The molecule has 0 amide bonds. The molecule has 1 aromatic rings. The Morgan fingerprint density at radius 2 is 1.89 bits per heavy atom. The summed E-state index contributed by atoms with van der Waals surface area (Å²) < 4.78 is 28.3.